The van der Waals surface area contributed by atoms with E-state index in [0.717, 1.165) is 37.0 Å². The number of ether oxygens (including phenoxy) is 1. The zero-order valence-electron chi connectivity index (χ0n) is 13.4. The Morgan fingerprint density at radius 1 is 1.17 bits per heavy atom. The molecule has 0 radical (unpaired) electrons. The first-order valence-corrected chi connectivity index (χ1v) is 8.48. The van der Waals surface area contributed by atoms with E-state index in [-0.39, 0.29) is 17.0 Å². The maximum atomic E-state index is 12.9. The molecule has 4 bridgehead atoms. The van der Waals surface area contributed by atoms with E-state index in [2.05, 4.69) is 0 Å². The topological polar surface area (TPSA) is 56.5 Å². The molecule has 4 heteroatoms. The Kier molecular flexibility index (Phi) is 3.43. The Morgan fingerprint density at radius 3 is 2.35 bits per heavy atom. The number of rotatable bonds is 4. The van der Waals surface area contributed by atoms with Crippen LogP contribution in [0.5, 0.6) is 0 Å². The molecule has 4 saturated carbocycles. The van der Waals surface area contributed by atoms with Gasteiger partial charge in [-0.3, -0.25) is 4.79 Å². The molecule has 122 valence electrons. The normalized spacial score (nSPS) is 34.9. The van der Waals surface area contributed by atoms with Crippen molar-refractivity contribution in [1.82, 2.24) is 0 Å². The van der Waals surface area contributed by atoms with E-state index in [0.29, 0.717) is 5.56 Å². The van der Waals surface area contributed by atoms with Crippen molar-refractivity contribution in [2.24, 2.45) is 23.2 Å². The van der Waals surface area contributed by atoms with Gasteiger partial charge in [0, 0.05) is 11.0 Å². The molecule has 23 heavy (non-hydrogen) atoms. The van der Waals surface area contributed by atoms with Crippen LogP contribution in [0.25, 0.3) is 6.08 Å². The van der Waals surface area contributed by atoms with Crippen LogP contribution in [-0.2, 0) is 9.53 Å². The first kappa shape index (κ1) is 14.7. The molecule has 0 N–H and O–H groups in total. The van der Waals surface area contributed by atoms with Gasteiger partial charge in [-0.1, -0.05) is 0 Å². The molecule has 1 aromatic heterocycles. The number of carbonyl (C=O) groups excluding carboxylic acids is 2. The summed E-state index contributed by atoms with van der Waals surface area (Å²) in [6, 6.07) is 1.69. The molecular weight excluding hydrogens is 292 g/mol. The van der Waals surface area contributed by atoms with E-state index in [9.17, 15) is 9.59 Å². The van der Waals surface area contributed by atoms with Gasteiger partial charge in [-0.05, 0) is 74.5 Å². The van der Waals surface area contributed by atoms with Crippen LogP contribution in [-0.4, -0.2) is 18.9 Å². The zero-order chi connectivity index (χ0) is 16.0. The summed E-state index contributed by atoms with van der Waals surface area (Å²) in [5, 5.41) is 0. The van der Waals surface area contributed by atoms with Crippen molar-refractivity contribution in [3.63, 3.8) is 0 Å². The number of hydrogen-bond donors (Lipinski definition) is 0. The molecule has 4 nitrogen and oxygen atoms in total. The van der Waals surface area contributed by atoms with Gasteiger partial charge >= 0.3 is 5.97 Å². The summed E-state index contributed by atoms with van der Waals surface area (Å²) in [6.07, 6.45) is 11.9. The average Bonchev–Trinajstić information content (AvgIpc) is 2.99. The average molecular weight is 314 g/mol. The second-order valence-corrected chi connectivity index (χ2v) is 7.59. The van der Waals surface area contributed by atoms with Crippen LogP contribution < -0.4 is 0 Å². The fourth-order valence-corrected chi connectivity index (χ4v) is 5.46. The van der Waals surface area contributed by atoms with Gasteiger partial charge < -0.3 is 9.15 Å². The van der Waals surface area contributed by atoms with Gasteiger partial charge in [-0.15, -0.1) is 0 Å². The third-order valence-electron chi connectivity index (χ3n) is 6.04. The van der Waals surface area contributed by atoms with Gasteiger partial charge in [0.25, 0.3) is 0 Å². The number of esters is 1. The van der Waals surface area contributed by atoms with E-state index in [1.807, 2.05) is 0 Å². The van der Waals surface area contributed by atoms with E-state index >= 15 is 0 Å². The Hall–Kier alpha value is -1.84. The van der Waals surface area contributed by atoms with Gasteiger partial charge in [0.2, 0.25) is 5.76 Å². The van der Waals surface area contributed by atoms with Crippen LogP contribution in [0.3, 0.4) is 0 Å². The fraction of sp³-hybridized carbons (Fsp3) is 0.579. The van der Waals surface area contributed by atoms with Gasteiger partial charge in [-0.2, -0.15) is 0 Å². The summed E-state index contributed by atoms with van der Waals surface area (Å²) in [5.41, 5.74) is 0.468. The highest BCUT2D eigenvalue weighted by atomic mass is 16.5. The number of allylic oxidation sites excluding steroid dienone is 1. The van der Waals surface area contributed by atoms with Gasteiger partial charge in [0.05, 0.1) is 13.4 Å². The molecule has 4 fully saturated rings. The van der Waals surface area contributed by atoms with E-state index in [1.54, 1.807) is 18.2 Å². The maximum Gasteiger partial charge on any atom is 0.374 e. The van der Waals surface area contributed by atoms with E-state index < -0.39 is 5.97 Å². The summed E-state index contributed by atoms with van der Waals surface area (Å²) in [5.74, 6) is 2.11. The fourth-order valence-electron chi connectivity index (χ4n) is 5.46. The summed E-state index contributed by atoms with van der Waals surface area (Å²) >= 11 is 0. The van der Waals surface area contributed by atoms with Crippen molar-refractivity contribution in [2.45, 2.75) is 38.5 Å². The van der Waals surface area contributed by atoms with Crippen LogP contribution in [0.1, 0.15) is 54.6 Å². The summed E-state index contributed by atoms with van der Waals surface area (Å²) in [4.78, 5) is 24.5. The second-order valence-electron chi connectivity index (χ2n) is 7.59. The largest absolute Gasteiger partial charge is 0.463 e. The number of hydrogen-bond acceptors (Lipinski definition) is 4. The van der Waals surface area contributed by atoms with Gasteiger partial charge in [0.15, 0.2) is 5.78 Å². The Bertz CT molecular complexity index is 631. The monoisotopic (exact) mass is 314 g/mol. The third kappa shape index (κ3) is 2.44. The second kappa shape index (κ2) is 5.36. The molecule has 4 aliphatic rings. The zero-order valence-corrected chi connectivity index (χ0v) is 13.4. The van der Waals surface area contributed by atoms with Crippen molar-refractivity contribution in [3.8, 4) is 0 Å². The highest BCUT2D eigenvalue weighted by Gasteiger charge is 2.53. The molecule has 1 aromatic rings. The van der Waals surface area contributed by atoms with Crippen LogP contribution in [0.2, 0.25) is 0 Å². The molecular formula is C19H22O4. The van der Waals surface area contributed by atoms with Crippen LogP contribution >= 0.6 is 0 Å². The van der Waals surface area contributed by atoms with Gasteiger partial charge in [0.1, 0.15) is 0 Å². The minimum atomic E-state index is -0.517. The number of furan rings is 1. The van der Waals surface area contributed by atoms with Gasteiger partial charge in [-0.25, -0.2) is 4.79 Å². The molecule has 4 aliphatic carbocycles. The minimum absolute atomic E-state index is 0.138. The van der Waals surface area contributed by atoms with Crippen molar-refractivity contribution < 1.29 is 18.7 Å². The van der Waals surface area contributed by atoms with E-state index in [4.69, 9.17) is 9.15 Å². The van der Waals surface area contributed by atoms with E-state index in [1.165, 1.54) is 32.6 Å². The lowest BCUT2D eigenvalue weighted by molar-refractivity contribution is -0.138. The number of methoxy groups -OCH3 is 1. The molecule has 0 saturated heterocycles. The summed E-state index contributed by atoms with van der Waals surface area (Å²) in [6.45, 7) is 0. The molecule has 0 aliphatic heterocycles. The predicted octanol–water partition coefficient (Wildman–Crippen LogP) is 3.86. The molecule has 0 unspecified atom stereocenters. The summed E-state index contributed by atoms with van der Waals surface area (Å²) in [7, 11) is 1.32. The standard InChI is InChI=1S/C19H22O4/c1-22-18(21)17-15(4-5-23-17)2-3-16(20)19-9-12-6-13(10-19)8-14(7-12)11-19/h2-5,12-14H,6-11H2,1H3. The quantitative estimate of drug-likeness (QED) is 0.625. The molecule has 0 spiro atoms. The predicted molar refractivity (Wildman–Crippen MR) is 84.7 cm³/mol. The maximum absolute atomic E-state index is 12.9. The van der Waals surface area contributed by atoms with Crippen molar-refractivity contribution >= 4 is 17.8 Å². The highest BCUT2D eigenvalue weighted by Crippen LogP contribution is 2.60. The first-order valence-electron chi connectivity index (χ1n) is 8.48. The number of carbonyl (C=O) groups is 2. The van der Waals surface area contributed by atoms with Crippen LogP contribution in [0.15, 0.2) is 22.8 Å². The smallest absolute Gasteiger partial charge is 0.374 e. The first-order chi connectivity index (χ1) is 11.1. The lowest BCUT2D eigenvalue weighted by Gasteiger charge is -2.55. The SMILES string of the molecule is COC(=O)c1occc1C=CC(=O)C12CC3CC(CC(C3)C1)C2. The van der Waals surface area contributed by atoms with Crippen LogP contribution in [0, 0.1) is 23.2 Å². The number of ketones is 1. The van der Waals surface area contributed by atoms with Crippen LogP contribution in [0.4, 0.5) is 0 Å². The lowest BCUT2D eigenvalue weighted by atomic mass is 9.48. The highest BCUT2D eigenvalue weighted by molar-refractivity contribution is 6.00. The molecule has 0 amide bonds. The molecule has 1 heterocycles. The Morgan fingerprint density at radius 2 is 1.78 bits per heavy atom. The Labute approximate surface area is 135 Å². The molecule has 0 atom stereocenters. The van der Waals surface area contributed by atoms with Crippen molar-refractivity contribution in [1.29, 1.82) is 0 Å². The minimum Gasteiger partial charge on any atom is -0.463 e. The molecule has 5 rings (SSSR count). The summed E-state index contributed by atoms with van der Waals surface area (Å²) < 4.78 is 9.85. The van der Waals surface area contributed by atoms with Crippen molar-refractivity contribution in [2.75, 3.05) is 7.11 Å². The lowest BCUT2D eigenvalue weighted by Crippen LogP contribution is -2.49. The van der Waals surface area contributed by atoms with Crippen molar-refractivity contribution in [3.05, 3.63) is 29.7 Å². The Balaban J connectivity index is 1.54. The third-order valence-corrected chi connectivity index (χ3v) is 6.04. The molecule has 0 aromatic carbocycles.